The minimum absolute atomic E-state index is 0.128. The Morgan fingerprint density at radius 2 is 1.82 bits per heavy atom. The zero-order valence-corrected chi connectivity index (χ0v) is 17.7. The van der Waals surface area contributed by atoms with Crippen LogP contribution < -0.4 is 10.6 Å². The Labute approximate surface area is 168 Å². The number of piperidine rings is 1. The van der Waals surface area contributed by atoms with Crippen molar-refractivity contribution in [2.45, 2.75) is 77.9 Å². The summed E-state index contributed by atoms with van der Waals surface area (Å²) in [7, 11) is 0. The summed E-state index contributed by atoms with van der Waals surface area (Å²) < 4.78 is 5.39. The molecule has 156 valence electrons. The molecule has 3 rings (SSSR count). The highest BCUT2D eigenvalue weighted by molar-refractivity contribution is 5.91. The van der Waals surface area contributed by atoms with Crippen molar-refractivity contribution in [3.8, 4) is 0 Å². The molecule has 2 fully saturated rings. The fraction of sp³-hybridized carbons (Fsp3) is 0.727. The molecule has 28 heavy (non-hydrogen) atoms. The van der Waals surface area contributed by atoms with Crippen LogP contribution in [0.4, 0.5) is 0 Å². The Morgan fingerprint density at radius 1 is 1.11 bits per heavy atom. The zero-order valence-electron chi connectivity index (χ0n) is 17.7. The molecule has 1 saturated carbocycles. The van der Waals surface area contributed by atoms with Gasteiger partial charge in [-0.15, -0.1) is 0 Å². The summed E-state index contributed by atoms with van der Waals surface area (Å²) >= 11 is 0. The van der Waals surface area contributed by atoms with Gasteiger partial charge in [0.05, 0.1) is 6.04 Å². The van der Waals surface area contributed by atoms with E-state index in [1.54, 1.807) is 12.1 Å². The number of furan rings is 1. The lowest BCUT2D eigenvalue weighted by molar-refractivity contribution is -0.127. The number of hydrogen-bond acceptors (Lipinski definition) is 4. The molecule has 1 aliphatic carbocycles. The van der Waals surface area contributed by atoms with Gasteiger partial charge in [-0.1, -0.05) is 26.7 Å². The summed E-state index contributed by atoms with van der Waals surface area (Å²) in [6.07, 6.45) is 5.25. The van der Waals surface area contributed by atoms with E-state index >= 15 is 0 Å². The highest BCUT2D eigenvalue weighted by Crippen LogP contribution is 2.29. The molecule has 4 atom stereocenters. The van der Waals surface area contributed by atoms with Crippen LogP contribution in [0, 0.1) is 18.8 Å². The first-order valence-electron chi connectivity index (χ1n) is 10.8. The van der Waals surface area contributed by atoms with Gasteiger partial charge in [0.1, 0.15) is 5.76 Å². The predicted molar refractivity (Wildman–Crippen MR) is 109 cm³/mol. The van der Waals surface area contributed by atoms with Crippen LogP contribution in [-0.2, 0) is 4.79 Å². The Bertz CT molecular complexity index is 678. The van der Waals surface area contributed by atoms with Gasteiger partial charge in [-0.25, -0.2) is 0 Å². The van der Waals surface area contributed by atoms with Gasteiger partial charge in [0, 0.05) is 25.2 Å². The lowest BCUT2D eigenvalue weighted by Gasteiger charge is -2.38. The maximum atomic E-state index is 12.8. The smallest absolute Gasteiger partial charge is 0.287 e. The van der Waals surface area contributed by atoms with E-state index in [0.29, 0.717) is 23.6 Å². The van der Waals surface area contributed by atoms with Crippen LogP contribution in [0.5, 0.6) is 0 Å². The summed E-state index contributed by atoms with van der Waals surface area (Å²) in [5.41, 5.74) is 0. The van der Waals surface area contributed by atoms with E-state index < -0.39 is 0 Å². The van der Waals surface area contributed by atoms with Crippen molar-refractivity contribution in [2.24, 2.45) is 11.8 Å². The number of carbonyl (C=O) groups is 2. The van der Waals surface area contributed by atoms with Gasteiger partial charge in [-0.2, -0.15) is 0 Å². The number of nitrogens with zero attached hydrogens (tertiary/aromatic N) is 1. The number of aryl methyl sites for hydroxylation is 1. The van der Waals surface area contributed by atoms with Gasteiger partial charge in [0.15, 0.2) is 5.76 Å². The number of rotatable bonds is 5. The molecule has 1 aliphatic heterocycles. The summed E-state index contributed by atoms with van der Waals surface area (Å²) in [5.74, 6) is 2.30. The molecule has 4 unspecified atom stereocenters. The Balaban J connectivity index is 1.44. The maximum absolute atomic E-state index is 12.8. The predicted octanol–water partition coefficient (Wildman–Crippen LogP) is 3.11. The first-order chi connectivity index (χ1) is 13.3. The largest absolute Gasteiger partial charge is 0.456 e. The second-order valence-corrected chi connectivity index (χ2v) is 8.75. The van der Waals surface area contributed by atoms with Crippen molar-refractivity contribution in [1.29, 1.82) is 0 Å². The minimum Gasteiger partial charge on any atom is -0.456 e. The van der Waals surface area contributed by atoms with E-state index in [9.17, 15) is 9.59 Å². The second kappa shape index (κ2) is 9.12. The summed E-state index contributed by atoms with van der Waals surface area (Å²) in [6.45, 7) is 10.00. The van der Waals surface area contributed by atoms with Crippen LogP contribution in [0.1, 0.15) is 69.2 Å². The summed E-state index contributed by atoms with van der Waals surface area (Å²) in [5, 5.41) is 6.35. The summed E-state index contributed by atoms with van der Waals surface area (Å²) in [6, 6.07) is 3.80. The van der Waals surface area contributed by atoms with E-state index in [1.807, 2.05) is 13.8 Å². The zero-order chi connectivity index (χ0) is 20.3. The molecule has 2 heterocycles. The SMILES string of the molecule is Cc1ccc(C(=O)NC2CCN(C(C)C(=O)NC3CCCC(C)C3C)CC2)o1. The van der Waals surface area contributed by atoms with E-state index in [-0.39, 0.29) is 23.9 Å². The van der Waals surface area contributed by atoms with E-state index in [4.69, 9.17) is 4.42 Å². The van der Waals surface area contributed by atoms with E-state index in [1.165, 1.54) is 12.8 Å². The molecule has 1 saturated heterocycles. The second-order valence-electron chi connectivity index (χ2n) is 8.75. The van der Waals surface area contributed by atoms with Gasteiger partial charge in [0.25, 0.3) is 5.91 Å². The quantitative estimate of drug-likeness (QED) is 0.811. The molecule has 1 aromatic rings. The average Bonchev–Trinajstić information content (AvgIpc) is 3.12. The molecule has 2 aliphatic rings. The van der Waals surface area contributed by atoms with Crippen LogP contribution in [0.3, 0.4) is 0 Å². The molecular formula is C22H35N3O3. The lowest BCUT2D eigenvalue weighted by Crippen LogP contribution is -2.54. The minimum atomic E-state index is -0.155. The topological polar surface area (TPSA) is 74.6 Å². The molecule has 1 aromatic heterocycles. The van der Waals surface area contributed by atoms with Gasteiger partial charge in [-0.3, -0.25) is 14.5 Å². The average molecular weight is 390 g/mol. The van der Waals surface area contributed by atoms with Gasteiger partial charge in [-0.05, 0) is 57.1 Å². The highest BCUT2D eigenvalue weighted by atomic mass is 16.3. The third-order valence-corrected chi connectivity index (χ3v) is 6.79. The molecule has 0 bridgehead atoms. The first-order valence-corrected chi connectivity index (χ1v) is 10.8. The van der Waals surface area contributed by atoms with Gasteiger partial charge >= 0.3 is 0 Å². The Morgan fingerprint density at radius 3 is 2.46 bits per heavy atom. The van der Waals surface area contributed by atoms with Crippen LogP contribution in [0.25, 0.3) is 0 Å². The van der Waals surface area contributed by atoms with Crippen molar-refractivity contribution in [1.82, 2.24) is 15.5 Å². The number of hydrogen-bond donors (Lipinski definition) is 2. The lowest BCUT2D eigenvalue weighted by atomic mass is 9.78. The molecule has 6 heteroatoms. The van der Waals surface area contributed by atoms with Crippen molar-refractivity contribution >= 4 is 11.8 Å². The third-order valence-electron chi connectivity index (χ3n) is 6.79. The van der Waals surface area contributed by atoms with Crippen LogP contribution >= 0.6 is 0 Å². The standard InChI is InChI=1S/C22H35N3O3/c1-14-6-5-7-19(16(14)3)24-21(26)17(4)25-12-10-18(11-13-25)23-22(27)20-9-8-15(2)28-20/h8-9,14,16-19H,5-7,10-13H2,1-4H3,(H,23,27)(H,24,26). The number of nitrogens with one attached hydrogen (secondary N) is 2. The molecular weight excluding hydrogens is 354 g/mol. The normalized spacial score (nSPS) is 27.9. The van der Waals surface area contributed by atoms with Crippen molar-refractivity contribution < 1.29 is 14.0 Å². The highest BCUT2D eigenvalue weighted by Gasteiger charge is 2.32. The maximum Gasteiger partial charge on any atom is 0.287 e. The molecule has 0 radical (unpaired) electrons. The third kappa shape index (κ3) is 4.96. The van der Waals surface area contributed by atoms with Crippen LogP contribution in [-0.4, -0.2) is 47.9 Å². The van der Waals surface area contributed by atoms with Gasteiger partial charge in [0.2, 0.25) is 5.91 Å². The molecule has 6 nitrogen and oxygen atoms in total. The first kappa shape index (κ1) is 20.9. The van der Waals surface area contributed by atoms with Crippen molar-refractivity contribution in [2.75, 3.05) is 13.1 Å². The fourth-order valence-corrected chi connectivity index (χ4v) is 4.50. The van der Waals surface area contributed by atoms with Crippen molar-refractivity contribution in [3.05, 3.63) is 23.7 Å². The van der Waals surface area contributed by atoms with Crippen LogP contribution in [0.15, 0.2) is 16.5 Å². The van der Waals surface area contributed by atoms with E-state index in [0.717, 1.165) is 38.1 Å². The molecule has 0 aromatic carbocycles. The number of likely N-dealkylation sites (tertiary alicyclic amines) is 1. The molecule has 0 spiro atoms. The number of amides is 2. The van der Waals surface area contributed by atoms with E-state index in [2.05, 4.69) is 29.4 Å². The van der Waals surface area contributed by atoms with Crippen LogP contribution in [0.2, 0.25) is 0 Å². The molecule has 2 N–H and O–H groups in total. The molecule has 2 amide bonds. The fourth-order valence-electron chi connectivity index (χ4n) is 4.50. The monoisotopic (exact) mass is 389 g/mol. The van der Waals surface area contributed by atoms with Crippen molar-refractivity contribution in [3.63, 3.8) is 0 Å². The number of carbonyl (C=O) groups excluding carboxylic acids is 2. The Kier molecular flexibility index (Phi) is 6.81. The Hall–Kier alpha value is -1.82. The summed E-state index contributed by atoms with van der Waals surface area (Å²) in [4.78, 5) is 27.2. The van der Waals surface area contributed by atoms with Gasteiger partial charge < -0.3 is 15.1 Å².